The summed E-state index contributed by atoms with van der Waals surface area (Å²) in [5.41, 5.74) is 0. The minimum Gasteiger partial charge on any atom is -0.327 e. The highest BCUT2D eigenvalue weighted by Gasteiger charge is 2.11. The number of carbonyl (C=O) groups excluding carboxylic acids is 2. The third-order valence-electron chi connectivity index (χ3n) is 1.60. The van der Waals surface area contributed by atoms with Gasteiger partial charge >= 0.3 is 5.30 Å². The van der Waals surface area contributed by atoms with Crippen molar-refractivity contribution in [3.8, 4) is 0 Å². The molecule has 1 aromatic carbocycles. The highest BCUT2D eigenvalue weighted by atomic mass is 32.2. The van der Waals surface area contributed by atoms with Crippen LogP contribution in [0.4, 0.5) is 4.79 Å². The van der Waals surface area contributed by atoms with Crippen molar-refractivity contribution in [2.45, 2.75) is 11.8 Å². The van der Waals surface area contributed by atoms with Crippen LogP contribution in [0.1, 0.15) is 6.92 Å². The highest BCUT2D eigenvalue weighted by molar-refractivity contribution is 8.13. The predicted octanol–water partition coefficient (Wildman–Crippen LogP) is 2.31. The Morgan fingerprint density at radius 3 is 2.40 bits per heavy atom. The number of hydroxylamine groups is 2. The molecule has 15 heavy (non-hydrogen) atoms. The molecule has 0 aliphatic rings. The van der Waals surface area contributed by atoms with Crippen LogP contribution in [0.15, 0.2) is 35.2 Å². The van der Waals surface area contributed by atoms with Gasteiger partial charge in [-0.25, -0.2) is 4.79 Å². The summed E-state index contributed by atoms with van der Waals surface area (Å²) >= 11 is 0.934. The summed E-state index contributed by atoms with van der Waals surface area (Å²) in [6.07, 6.45) is 0. The average Bonchev–Trinajstić information content (AvgIpc) is 2.18. The molecule has 0 aliphatic carbocycles. The first-order valence-corrected chi connectivity index (χ1v) is 5.10. The van der Waals surface area contributed by atoms with Gasteiger partial charge in [0.2, 0.25) is 0 Å². The van der Waals surface area contributed by atoms with Crippen molar-refractivity contribution in [2.24, 2.45) is 0 Å². The number of nitrogens with zero attached hydrogens (tertiary/aromatic N) is 1. The Labute approximate surface area is 92.2 Å². The lowest BCUT2D eigenvalue weighted by atomic mass is 10.4. The number of amides is 1. The normalized spacial score (nSPS) is 9.47. The number of carbonyl (C=O) groups is 2. The molecular weight excluding hydrogens is 214 g/mol. The van der Waals surface area contributed by atoms with E-state index < -0.39 is 5.30 Å². The minimum absolute atomic E-state index is 0.322. The van der Waals surface area contributed by atoms with E-state index in [1.807, 2.05) is 18.2 Å². The second kappa shape index (κ2) is 5.41. The number of hydrogen-bond acceptors (Lipinski definition) is 4. The molecule has 0 radical (unpaired) electrons. The van der Waals surface area contributed by atoms with E-state index in [2.05, 4.69) is 0 Å². The molecule has 1 amide bonds. The SMILES string of the molecule is CC(=O)N(C)OC(=O)Sc1ccccc1. The van der Waals surface area contributed by atoms with Gasteiger partial charge in [-0.3, -0.25) is 4.79 Å². The summed E-state index contributed by atoms with van der Waals surface area (Å²) in [6.45, 7) is 1.32. The molecule has 4 nitrogen and oxygen atoms in total. The fourth-order valence-corrected chi connectivity index (χ4v) is 1.41. The van der Waals surface area contributed by atoms with Gasteiger partial charge in [-0.05, 0) is 23.9 Å². The van der Waals surface area contributed by atoms with Crippen LogP contribution in [0, 0.1) is 0 Å². The van der Waals surface area contributed by atoms with Crippen molar-refractivity contribution >= 4 is 23.0 Å². The van der Waals surface area contributed by atoms with Crippen LogP contribution in [-0.4, -0.2) is 23.3 Å². The highest BCUT2D eigenvalue weighted by Crippen LogP contribution is 2.19. The molecule has 0 spiro atoms. The quantitative estimate of drug-likeness (QED) is 0.543. The van der Waals surface area contributed by atoms with Gasteiger partial charge in [0.1, 0.15) is 0 Å². The lowest BCUT2D eigenvalue weighted by Crippen LogP contribution is -2.25. The Bertz CT molecular complexity index is 353. The van der Waals surface area contributed by atoms with Gasteiger partial charge in [0.15, 0.2) is 0 Å². The molecule has 0 saturated heterocycles. The summed E-state index contributed by atoms with van der Waals surface area (Å²) in [5.74, 6) is -0.322. The predicted molar refractivity (Wildman–Crippen MR) is 57.2 cm³/mol. The Morgan fingerprint density at radius 2 is 1.87 bits per heavy atom. The third-order valence-corrected chi connectivity index (χ3v) is 2.35. The molecular formula is C10H11NO3S. The molecule has 0 heterocycles. The first kappa shape index (κ1) is 11.6. The molecule has 5 heteroatoms. The maximum atomic E-state index is 11.3. The van der Waals surface area contributed by atoms with E-state index in [1.165, 1.54) is 14.0 Å². The first-order valence-electron chi connectivity index (χ1n) is 4.28. The molecule has 0 aliphatic heterocycles. The van der Waals surface area contributed by atoms with Crippen LogP contribution in [0.2, 0.25) is 0 Å². The molecule has 0 bridgehead atoms. The maximum absolute atomic E-state index is 11.3. The summed E-state index contributed by atoms with van der Waals surface area (Å²) in [4.78, 5) is 27.5. The maximum Gasteiger partial charge on any atom is 0.396 e. The monoisotopic (exact) mass is 225 g/mol. The smallest absolute Gasteiger partial charge is 0.327 e. The van der Waals surface area contributed by atoms with Crippen LogP contribution in [0.3, 0.4) is 0 Å². The zero-order chi connectivity index (χ0) is 11.3. The van der Waals surface area contributed by atoms with Gasteiger partial charge in [-0.2, -0.15) is 5.06 Å². The van der Waals surface area contributed by atoms with Gasteiger partial charge in [0, 0.05) is 18.9 Å². The molecule has 0 atom stereocenters. The van der Waals surface area contributed by atoms with E-state index in [4.69, 9.17) is 4.84 Å². The first-order chi connectivity index (χ1) is 7.09. The Kier molecular flexibility index (Phi) is 4.17. The van der Waals surface area contributed by atoms with E-state index in [0.29, 0.717) is 0 Å². The van der Waals surface area contributed by atoms with Gasteiger partial charge in [0.05, 0.1) is 0 Å². The van der Waals surface area contributed by atoms with Crippen molar-refractivity contribution in [2.75, 3.05) is 7.05 Å². The van der Waals surface area contributed by atoms with Crippen molar-refractivity contribution in [1.29, 1.82) is 0 Å². The second-order valence-electron chi connectivity index (χ2n) is 2.77. The molecule has 0 unspecified atom stereocenters. The zero-order valence-electron chi connectivity index (χ0n) is 8.47. The lowest BCUT2D eigenvalue weighted by Gasteiger charge is -2.12. The summed E-state index contributed by atoms with van der Waals surface area (Å²) in [5, 5.41) is 0.372. The van der Waals surface area contributed by atoms with Crippen molar-refractivity contribution in [3.63, 3.8) is 0 Å². The molecule has 0 N–H and O–H groups in total. The molecule has 0 aromatic heterocycles. The fraction of sp³-hybridized carbons (Fsp3) is 0.200. The van der Waals surface area contributed by atoms with Crippen molar-refractivity contribution in [1.82, 2.24) is 5.06 Å². The molecule has 0 fully saturated rings. The molecule has 0 saturated carbocycles. The molecule has 1 rings (SSSR count). The van der Waals surface area contributed by atoms with Crippen molar-refractivity contribution in [3.05, 3.63) is 30.3 Å². The van der Waals surface area contributed by atoms with Crippen LogP contribution in [-0.2, 0) is 9.63 Å². The van der Waals surface area contributed by atoms with E-state index in [-0.39, 0.29) is 5.91 Å². The zero-order valence-corrected chi connectivity index (χ0v) is 9.28. The minimum atomic E-state index is -0.529. The van der Waals surface area contributed by atoms with Crippen LogP contribution >= 0.6 is 11.8 Å². The van der Waals surface area contributed by atoms with E-state index >= 15 is 0 Å². The Balaban J connectivity index is 2.47. The average molecular weight is 225 g/mol. The second-order valence-corrected chi connectivity index (χ2v) is 3.78. The third kappa shape index (κ3) is 4.03. The number of thioether (sulfide) groups is 1. The summed E-state index contributed by atoms with van der Waals surface area (Å²) < 4.78 is 0. The van der Waals surface area contributed by atoms with Crippen LogP contribution in [0.5, 0.6) is 0 Å². The van der Waals surface area contributed by atoms with Gasteiger partial charge in [0.25, 0.3) is 5.91 Å². The van der Waals surface area contributed by atoms with Crippen molar-refractivity contribution < 1.29 is 14.4 Å². The largest absolute Gasteiger partial charge is 0.396 e. The van der Waals surface area contributed by atoms with E-state index in [0.717, 1.165) is 21.7 Å². The van der Waals surface area contributed by atoms with Gasteiger partial charge < -0.3 is 4.84 Å². The summed E-state index contributed by atoms with van der Waals surface area (Å²) in [7, 11) is 1.39. The summed E-state index contributed by atoms with van der Waals surface area (Å²) in [6, 6.07) is 9.09. The van der Waals surface area contributed by atoms with Crippen LogP contribution < -0.4 is 0 Å². The van der Waals surface area contributed by atoms with E-state index in [1.54, 1.807) is 12.1 Å². The number of rotatable bonds is 1. The standard InChI is InChI=1S/C10H11NO3S/c1-8(12)11(2)14-10(13)15-9-6-4-3-5-7-9/h3-7H,1-2H3. The fourth-order valence-electron chi connectivity index (χ4n) is 0.779. The topological polar surface area (TPSA) is 46.6 Å². The molecule has 80 valence electrons. The van der Waals surface area contributed by atoms with Gasteiger partial charge in [-0.15, -0.1) is 0 Å². The molecule has 1 aromatic rings. The number of hydrogen-bond donors (Lipinski definition) is 0. The Morgan fingerprint density at radius 1 is 1.27 bits per heavy atom. The Hall–Kier alpha value is -1.49. The number of benzene rings is 1. The van der Waals surface area contributed by atoms with Crippen LogP contribution in [0.25, 0.3) is 0 Å². The lowest BCUT2D eigenvalue weighted by molar-refractivity contribution is -0.154. The van der Waals surface area contributed by atoms with Gasteiger partial charge in [-0.1, -0.05) is 18.2 Å². The van der Waals surface area contributed by atoms with E-state index in [9.17, 15) is 9.59 Å².